The van der Waals surface area contributed by atoms with Gasteiger partial charge in [-0.25, -0.2) is 0 Å². The van der Waals surface area contributed by atoms with Gasteiger partial charge in [0, 0.05) is 14.2 Å². The molecule has 1 unspecified atom stereocenters. The van der Waals surface area contributed by atoms with Gasteiger partial charge >= 0.3 is 0 Å². The molecule has 1 atom stereocenters. The minimum absolute atomic E-state index is 0.616. The minimum Gasteiger partial charge on any atom is -0.384 e. The highest BCUT2D eigenvalue weighted by molar-refractivity contribution is 14.1. The molecule has 0 aliphatic heterocycles. The van der Waals surface area contributed by atoms with E-state index in [1.807, 2.05) is 50.2 Å². The molecule has 0 heterocycles. The molecule has 2 aromatic carbocycles. The van der Waals surface area contributed by atoms with Crippen molar-refractivity contribution in [1.29, 1.82) is 0 Å². The minimum atomic E-state index is -0.676. The zero-order valence-corrected chi connectivity index (χ0v) is 13.2. The Bertz CT molecular complexity index is 581. The van der Waals surface area contributed by atoms with Crippen LogP contribution in [0, 0.1) is 17.4 Å². The Morgan fingerprint density at radius 3 is 2.33 bits per heavy atom. The maximum atomic E-state index is 10.5. The second kappa shape index (κ2) is 5.59. The van der Waals surface area contributed by atoms with Crippen molar-refractivity contribution in [1.82, 2.24) is 0 Å². The van der Waals surface area contributed by atoms with Crippen LogP contribution in [0.2, 0.25) is 5.02 Å². The van der Waals surface area contributed by atoms with E-state index in [0.29, 0.717) is 5.02 Å². The molecule has 0 saturated heterocycles. The Kier molecular flexibility index (Phi) is 4.30. The number of benzene rings is 2. The number of rotatable bonds is 2. The van der Waals surface area contributed by atoms with Gasteiger partial charge in [0.1, 0.15) is 6.10 Å². The first kappa shape index (κ1) is 13.8. The van der Waals surface area contributed by atoms with Gasteiger partial charge in [0.25, 0.3) is 0 Å². The summed E-state index contributed by atoms with van der Waals surface area (Å²) in [7, 11) is 0. The molecule has 2 rings (SSSR count). The molecule has 2 aromatic rings. The summed E-state index contributed by atoms with van der Waals surface area (Å²) in [6.07, 6.45) is -0.676. The average molecular weight is 373 g/mol. The molecule has 0 bridgehead atoms. The third-order valence-corrected chi connectivity index (χ3v) is 4.42. The molecule has 0 aliphatic carbocycles. The number of halogens is 2. The highest BCUT2D eigenvalue weighted by Crippen LogP contribution is 2.32. The molecular formula is C15H14ClIO. The van der Waals surface area contributed by atoms with E-state index < -0.39 is 6.10 Å². The van der Waals surface area contributed by atoms with Gasteiger partial charge < -0.3 is 5.11 Å². The van der Waals surface area contributed by atoms with Gasteiger partial charge in [0.15, 0.2) is 0 Å². The first-order valence-corrected chi connectivity index (χ1v) is 7.15. The molecule has 1 nitrogen and oxygen atoms in total. The second-order valence-electron chi connectivity index (χ2n) is 4.38. The van der Waals surface area contributed by atoms with Crippen molar-refractivity contribution >= 4 is 34.2 Å². The monoisotopic (exact) mass is 372 g/mol. The van der Waals surface area contributed by atoms with Gasteiger partial charge in [0.2, 0.25) is 0 Å². The zero-order chi connectivity index (χ0) is 13.3. The highest BCUT2D eigenvalue weighted by atomic mass is 127. The van der Waals surface area contributed by atoms with Crippen molar-refractivity contribution in [2.45, 2.75) is 20.0 Å². The molecule has 0 radical (unpaired) electrons. The van der Waals surface area contributed by atoms with Crippen LogP contribution in [0.25, 0.3) is 0 Å². The summed E-state index contributed by atoms with van der Waals surface area (Å²) in [5.41, 5.74) is 3.94. The van der Waals surface area contributed by atoms with E-state index in [-0.39, 0.29) is 0 Å². The summed E-state index contributed by atoms with van der Waals surface area (Å²) in [6.45, 7) is 4.04. The molecule has 0 aliphatic rings. The van der Waals surface area contributed by atoms with Crippen LogP contribution in [0.5, 0.6) is 0 Å². The number of hydrogen-bond donors (Lipinski definition) is 1. The fourth-order valence-corrected chi connectivity index (χ4v) is 2.88. The molecule has 0 saturated carbocycles. The summed E-state index contributed by atoms with van der Waals surface area (Å²) in [5.74, 6) is 0. The first-order chi connectivity index (χ1) is 8.50. The van der Waals surface area contributed by atoms with Crippen LogP contribution in [0.4, 0.5) is 0 Å². The van der Waals surface area contributed by atoms with E-state index in [4.69, 9.17) is 11.6 Å². The van der Waals surface area contributed by atoms with E-state index in [0.717, 1.165) is 25.8 Å². The number of aryl methyl sites for hydroxylation is 2. The summed E-state index contributed by atoms with van der Waals surface area (Å²) < 4.78 is 1.04. The normalized spacial score (nSPS) is 12.5. The summed E-state index contributed by atoms with van der Waals surface area (Å²) in [5, 5.41) is 11.1. The van der Waals surface area contributed by atoms with Gasteiger partial charge in [-0.15, -0.1) is 0 Å². The Balaban J connectivity index is 2.50. The average Bonchev–Trinajstić information content (AvgIpc) is 2.33. The van der Waals surface area contributed by atoms with Crippen LogP contribution >= 0.6 is 34.2 Å². The number of hydrogen-bond acceptors (Lipinski definition) is 1. The smallest absolute Gasteiger partial charge is 0.107 e. The van der Waals surface area contributed by atoms with Crippen molar-refractivity contribution in [3.8, 4) is 0 Å². The standard InChI is InChI=1S/C15H14ClIO/c1-9-7-12(13(16)8-10(9)2)15(18)11-5-3-4-6-14(11)17/h3-8,15,18H,1-2H3. The Labute approximate surface area is 126 Å². The lowest BCUT2D eigenvalue weighted by Gasteiger charge is -2.16. The molecule has 0 aromatic heterocycles. The zero-order valence-electron chi connectivity index (χ0n) is 10.2. The molecule has 0 fully saturated rings. The van der Waals surface area contributed by atoms with E-state index in [2.05, 4.69) is 22.6 Å². The van der Waals surface area contributed by atoms with E-state index in [1.165, 1.54) is 0 Å². The number of aliphatic hydroxyl groups excluding tert-OH is 1. The Morgan fingerprint density at radius 1 is 1.06 bits per heavy atom. The maximum Gasteiger partial charge on any atom is 0.107 e. The Morgan fingerprint density at radius 2 is 1.67 bits per heavy atom. The predicted molar refractivity (Wildman–Crippen MR) is 84.1 cm³/mol. The number of aliphatic hydroxyl groups is 1. The van der Waals surface area contributed by atoms with Crippen molar-refractivity contribution in [3.05, 3.63) is 67.2 Å². The fraction of sp³-hybridized carbons (Fsp3) is 0.200. The van der Waals surface area contributed by atoms with Crippen molar-refractivity contribution in [3.63, 3.8) is 0 Å². The lowest BCUT2D eigenvalue weighted by atomic mass is 9.98. The van der Waals surface area contributed by atoms with Gasteiger partial charge in [-0.2, -0.15) is 0 Å². The summed E-state index contributed by atoms with van der Waals surface area (Å²) in [4.78, 5) is 0. The Hall–Kier alpha value is -0.580. The molecule has 0 amide bonds. The topological polar surface area (TPSA) is 20.2 Å². The molecule has 18 heavy (non-hydrogen) atoms. The largest absolute Gasteiger partial charge is 0.384 e. The van der Waals surface area contributed by atoms with Gasteiger partial charge in [-0.1, -0.05) is 35.9 Å². The lowest BCUT2D eigenvalue weighted by Crippen LogP contribution is -2.03. The SMILES string of the molecule is Cc1cc(Cl)c(C(O)c2ccccc2I)cc1C. The third kappa shape index (κ3) is 2.71. The van der Waals surface area contributed by atoms with Gasteiger partial charge in [-0.05, 0) is 65.3 Å². The molecule has 94 valence electrons. The van der Waals surface area contributed by atoms with Gasteiger partial charge in [0.05, 0.1) is 0 Å². The van der Waals surface area contributed by atoms with Crippen LogP contribution in [-0.2, 0) is 0 Å². The summed E-state index contributed by atoms with van der Waals surface area (Å²) in [6, 6.07) is 11.7. The predicted octanol–water partition coefficient (Wildman–Crippen LogP) is 4.64. The van der Waals surface area contributed by atoms with Crippen molar-refractivity contribution in [2.24, 2.45) is 0 Å². The van der Waals surface area contributed by atoms with Crippen molar-refractivity contribution < 1.29 is 5.11 Å². The van der Waals surface area contributed by atoms with Crippen LogP contribution < -0.4 is 0 Å². The fourth-order valence-electron chi connectivity index (χ4n) is 1.88. The molecular weight excluding hydrogens is 359 g/mol. The highest BCUT2D eigenvalue weighted by Gasteiger charge is 2.17. The van der Waals surface area contributed by atoms with Crippen LogP contribution in [0.1, 0.15) is 28.4 Å². The molecule has 1 N–H and O–H groups in total. The van der Waals surface area contributed by atoms with Crippen molar-refractivity contribution in [2.75, 3.05) is 0 Å². The van der Waals surface area contributed by atoms with E-state index in [9.17, 15) is 5.11 Å². The van der Waals surface area contributed by atoms with E-state index >= 15 is 0 Å². The quantitative estimate of drug-likeness (QED) is 0.761. The summed E-state index contributed by atoms with van der Waals surface area (Å²) >= 11 is 8.46. The van der Waals surface area contributed by atoms with Crippen LogP contribution in [0.3, 0.4) is 0 Å². The molecule has 3 heteroatoms. The van der Waals surface area contributed by atoms with Crippen LogP contribution in [-0.4, -0.2) is 5.11 Å². The first-order valence-electron chi connectivity index (χ1n) is 5.70. The lowest BCUT2D eigenvalue weighted by molar-refractivity contribution is 0.219. The maximum absolute atomic E-state index is 10.5. The van der Waals surface area contributed by atoms with Crippen LogP contribution in [0.15, 0.2) is 36.4 Å². The third-order valence-electron chi connectivity index (χ3n) is 3.11. The molecule has 0 spiro atoms. The van der Waals surface area contributed by atoms with Gasteiger partial charge in [-0.3, -0.25) is 0 Å². The second-order valence-corrected chi connectivity index (χ2v) is 5.95. The van der Waals surface area contributed by atoms with E-state index in [1.54, 1.807) is 0 Å².